The summed E-state index contributed by atoms with van der Waals surface area (Å²) in [7, 11) is 0. The standard InChI is InChI=1S/C25H29N3O4/c1-17-14-15-26-21(17)23(30)28-16-8-13-20(28)22(29)27-24(31)25(32,18-9-4-2-5-10-18)19-11-6-3-7-12-19/h2-7,9-12,17,20-21,26,32H,8,13-16H2,1H3,(H,27,29,31)/t17-,20-,21?/m0/s1. The van der Waals surface area contributed by atoms with Crippen LogP contribution in [0.3, 0.4) is 0 Å². The van der Waals surface area contributed by atoms with Gasteiger partial charge in [-0.1, -0.05) is 67.6 Å². The topological polar surface area (TPSA) is 98.7 Å². The maximum absolute atomic E-state index is 13.3. The van der Waals surface area contributed by atoms with Gasteiger partial charge in [0.2, 0.25) is 11.8 Å². The molecule has 3 atom stereocenters. The van der Waals surface area contributed by atoms with E-state index in [0.717, 1.165) is 13.0 Å². The minimum absolute atomic E-state index is 0.0959. The van der Waals surface area contributed by atoms with Gasteiger partial charge in [-0.2, -0.15) is 0 Å². The van der Waals surface area contributed by atoms with Crippen LogP contribution in [0.2, 0.25) is 0 Å². The Kier molecular flexibility index (Phi) is 6.39. The van der Waals surface area contributed by atoms with Crippen LogP contribution in [0.4, 0.5) is 0 Å². The number of nitrogens with zero attached hydrogens (tertiary/aromatic N) is 1. The third-order valence-electron chi connectivity index (χ3n) is 6.59. The van der Waals surface area contributed by atoms with Crippen LogP contribution >= 0.6 is 0 Å². The number of rotatable bonds is 5. The summed E-state index contributed by atoms with van der Waals surface area (Å²) in [6, 6.07) is 16.1. The monoisotopic (exact) mass is 435 g/mol. The van der Waals surface area contributed by atoms with Crippen molar-refractivity contribution in [2.75, 3.05) is 13.1 Å². The largest absolute Gasteiger partial charge is 0.372 e. The number of aliphatic hydroxyl groups is 1. The number of carbonyl (C=O) groups is 3. The van der Waals surface area contributed by atoms with Gasteiger partial charge in [-0.05, 0) is 42.9 Å². The zero-order chi connectivity index (χ0) is 22.7. The van der Waals surface area contributed by atoms with Crippen molar-refractivity contribution in [3.8, 4) is 0 Å². The van der Waals surface area contributed by atoms with E-state index in [1.807, 2.05) is 6.92 Å². The number of hydrogen-bond acceptors (Lipinski definition) is 5. The quantitative estimate of drug-likeness (QED) is 0.662. The van der Waals surface area contributed by atoms with Crippen molar-refractivity contribution in [2.24, 2.45) is 5.92 Å². The fourth-order valence-corrected chi connectivity index (χ4v) is 4.72. The maximum atomic E-state index is 13.3. The Morgan fingerprint density at radius 1 is 1.00 bits per heavy atom. The number of nitrogens with one attached hydrogen (secondary N) is 2. The summed E-state index contributed by atoms with van der Waals surface area (Å²) in [5, 5.41) is 17.2. The normalized spacial score (nSPS) is 23.2. The molecule has 0 spiro atoms. The van der Waals surface area contributed by atoms with Gasteiger partial charge in [0.15, 0.2) is 5.60 Å². The van der Waals surface area contributed by atoms with Crippen LogP contribution in [0.5, 0.6) is 0 Å². The lowest BCUT2D eigenvalue weighted by molar-refractivity contribution is -0.146. The highest BCUT2D eigenvalue weighted by molar-refractivity contribution is 6.04. The van der Waals surface area contributed by atoms with Crippen molar-refractivity contribution in [1.29, 1.82) is 0 Å². The fourth-order valence-electron chi connectivity index (χ4n) is 4.72. The van der Waals surface area contributed by atoms with Crippen LogP contribution in [0.1, 0.15) is 37.3 Å². The maximum Gasteiger partial charge on any atom is 0.268 e. The van der Waals surface area contributed by atoms with Crippen molar-refractivity contribution in [1.82, 2.24) is 15.5 Å². The van der Waals surface area contributed by atoms with Crippen molar-refractivity contribution in [3.63, 3.8) is 0 Å². The molecular formula is C25H29N3O4. The Hall–Kier alpha value is -3.03. The molecule has 3 amide bonds. The molecule has 0 bridgehead atoms. The third kappa shape index (κ3) is 4.06. The van der Waals surface area contributed by atoms with Crippen LogP contribution in [0, 0.1) is 5.92 Å². The van der Waals surface area contributed by atoms with E-state index >= 15 is 0 Å². The molecule has 0 radical (unpaired) electrons. The average Bonchev–Trinajstić information content (AvgIpc) is 3.48. The molecule has 2 heterocycles. The number of imide groups is 1. The molecule has 7 heteroatoms. The molecule has 4 rings (SSSR count). The van der Waals surface area contributed by atoms with E-state index in [1.165, 1.54) is 0 Å². The smallest absolute Gasteiger partial charge is 0.268 e. The molecule has 1 unspecified atom stereocenters. The first-order chi connectivity index (χ1) is 15.4. The predicted molar refractivity (Wildman–Crippen MR) is 119 cm³/mol. The molecule has 2 aromatic rings. The molecule has 2 fully saturated rings. The lowest BCUT2D eigenvalue weighted by atomic mass is 9.85. The second-order valence-electron chi connectivity index (χ2n) is 8.65. The molecule has 3 N–H and O–H groups in total. The second kappa shape index (κ2) is 9.22. The van der Waals surface area contributed by atoms with Crippen LogP contribution < -0.4 is 10.6 Å². The van der Waals surface area contributed by atoms with Gasteiger partial charge >= 0.3 is 0 Å². The molecule has 32 heavy (non-hydrogen) atoms. The first kappa shape index (κ1) is 22.2. The molecule has 2 saturated heterocycles. The summed E-state index contributed by atoms with van der Waals surface area (Å²) in [6.45, 7) is 3.29. The van der Waals surface area contributed by atoms with Crippen molar-refractivity contribution >= 4 is 17.7 Å². The SMILES string of the molecule is C[C@H]1CCNC1C(=O)N1CCC[C@H]1C(=O)NC(=O)C(O)(c1ccccc1)c1ccccc1. The Balaban J connectivity index is 1.56. The van der Waals surface area contributed by atoms with E-state index < -0.39 is 23.5 Å². The van der Waals surface area contributed by atoms with Crippen molar-refractivity contribution < 1.29 is 19.5 Å². The molecular weight excluding hydrogens is 406 g/mol. The van der Waals surface area contributed by atoms with Crippen LogP contribution in [0.15, 0.2) is 60.7 Å². The van der Waals surface area contributed by atoms with E-state index in [2.05, 4.69) is 10.6 Å². The summed E-state index contributed by atoms with van der Waals surface area (Å²) < 4.78 is 0. The third-order valence-corrected chi connectivity index (χ3v) is 6.59. The number of likely N-dealkylation sites (tertiary alicyclic amines) is 1. The first-order valence-corrected chi connectivity index (χ1v) is 11.2. The summed E-state index contributed by atoms with van der Waals surface area (Å²) in [4.78, 5) is 41.1. The lowest BCUT2D eigenvalue weighted by Crippen LogP contribution is -2.55. The van der Waals surface area contributed by atoms with Gasteiger partial charge in [0, 0.05) is 6.54 Å². The number of carbonyl (C=O) groups excluding carboxylic acids is 3. The highest BCUT2D eigenvalue weighted by Gasteiger charge is 2.44. The average molecular weight is 436 g/mol. The number of hydrogen-bond donors (Lipinski definition) is 3. The number of benzene rings is 2. The van der Waals surface area contributed by atoms with Gasteiger partial charge in [-0.15, -0.1) is 0 Å². The Morgan fingerprint density at radius 2 is 1.59 bits per heavy atom. The summed E-state index contributed by atoms with van der Waals surface area (Å²) in [6.07, 6.45) is 2.10. The first-order valence-electron chi connectivity index (χ1n) is 11.2. The van der Waals surface area contributed by atoms with E-state index in [-0.39, 0.29) is 17.9 Å². The molecule has 0 aliphatic carbocycles. The Labute approximate surface area is 187 Å². The van der Waals surface area contributed by atoms with Crippen LogP contribution in [0.25, 0.3) is 0 Å². The van der Waals surface area contributed by atoms with Gasteiger partial charge in [0.25, 0.3) is 5.91 Å². The van der Waals surface area contributed by atoms with E-state index in [4.69, 9.17) is 0 Å². The molecule has 2 aliphatic heterocycles. The van der Waals surface area contributed by atoms with Gasteiger partial charge in [-0.25, -0.2) is 0 Å². The zero-order valence-electron chi connectivity index (χ0n) is 18.2. The highest BCUT2D eigenvalue weighted by Crippen LogP contribution is 2.30. The molecule has 0 saturated carbocycles. The molecule has 168 valence electrons. The minimum Gasteiger partial charge on any atom is -0.372 e. The summed E-state index contributed by atoms with van der Waals surface area (Å²) in [5.41, 5.74) is -1.31. The van der Waals surface area contributed by atoms with E-state index in [1.54, 1.807) is 65.6 Å². The van der Waals surface area contributed by atoms with Crippen molar-refractivity contribution in [3.05, 3.63) is 71.8 Å². The predicted octanol–water partition coefficient (Wildman–Crippen LogP) is 1.55. The minimum atomic E-state index is -2.03. The van der Waals surface area contributed by atoms with E-state index in [9.17, 15) is 19.5 Å². The molecule has 7 nitrogen and oxygen atoms in total. The van der Waals surface area contributed by atoms with Gasteiger partial charge < -0.3 is 15.3 Å². The molecule has 2 aliphatic rings. The van der Waals surface area contributed by atoms with Gasteiger partial charge in [0.1, 0.15) is 6.04 Å². The zero-order valence-corrected chi connectivity index (χ0v) is 18.2. The summed E-state index contributed by atoms with van der Waals surface area (Å²) in [5.74, 6) is -1.28. The molecule has 0 aromatic heterocycles. The highest BCUT2D eigenvalue weighted by atomic mass is 16.3. The van der Waals surface area contributed by atoms with Crippen molar-refractivity contribution in [2.45, 2.75) is 43.9 Å². The lowest BCUT2D eigenvalue weighted by Gasteiger charge is -2.30. The van der Waals surface area contributed by atoms with Crippen LogP contribution in [-0.2, 0) is 20.0 Å². The number of amides is 3. The van der Waals surface area contributed by atoms with Crippen LogP contribution in [-0.4, -0.2) is 52.9 Å². The Bertz CT molecular complexity index is 940. The second-order valence-corrected chi connectivity index (χ2v) is 8.65. The Morgan fingerprint density at radius 3 is 2.12 bits per heavy atom. The summed E-state index contributed by atoms with van der Waals surface area (Å²) >= 11 is 0. The van der Waals surface area contributed by atoms with Gasteiger partial charge in [0.05, 0.1) is 6.04 Å². The molecule has 2 aromatic carbocycles. The van der Waals surface area contributed by atoms with Gasteiger partial charge in [-0.3, -0.25) is 19.7 Å². The fraction of sp³-hybridized carbons (Fsp3) is 0.400. The van der Waals surface area contributed by atoms with E-state index in [0.29, 0.717) is 30.5 Å².